The Kier molecular flexibility index (Phi) is 4.86. The summed E-state index contributed by atoms with van der Waals surface area (Å²) in [4.78, 5) is 25.5. The third-order valence-electron chi connectivity index (χ3n) is 5.47. The van der Waals surface area contributed by atoms with E-state index in [9.17, 15) is 9.59 Å². The summed E-state index contributed by atoms with van der Waals surface area (Å²) in [7, 11) is 0. The van der Waals surface area contributed by atoms with Crippen molar-refractivity contribution in [1.82, 2.24) is 0 Å². The number of hydrogen-bond donors (Lipinski definition) is 0. The van der Waals surface area contributed by atoms with Crippen LogP contribution in [0.3, 0.4) is 0 Å². The first-order valence-corrected chi connectivity index (χ1v) is 10.4. The normalized spacial score (nSPS) is 13.9. The summed E-state index contributed by atoms with van der Waals surface area (Å²) in [5.41, 5.74) is 3.86. The van der Waals surface area contributed by atoms with Crippen LogP contribution in [-0.4, -0.2) is 11.8 Å². The second-order valence-electron chi connectivity index (χ2n) is 7.69. The molecule has 1 aliphatic heterocycles. The Labute approximate surface area is 184 Å². The van der Waals surface area contributed by atoms with Gasteiger partial charge < -0.3 is 13.9 Å². The molecule has 5 rings (SSSR count). The third-order valence-corrected chi connectivity index (χ3v) is 5.47. The van der Waals surface area contributed by atoms with Gasteiger partial charge in [-0.05, 0) is 54.3 Å². The predicted octanol–water partition coefficient (Wildman–Crippen LogP) is 6.14. The molecular weight excluding hydrogens is 404 g/mol. The highest BCUT2D eigenvalue weighted by molar-refractivity contribution is 6.15. The van der Waals surface area contributed by atoms with Crippen molar-refractivity contribution in [2.24, 2.45) is 0 Å². The molecule has 0 saturated heterocycles. The summed E-state index contributed by atoms with van der Waals surface area (Å²) in [6.07, 6.45) is 2.67. The molecule has 0 bridgehead atoms. The van der Waals surface area contributed by atoms with E-state index >= 15 is 0 Å². The van der Waals surface area contributed by atoms with Crippen LogP contribution in [0.2, 0.25) is 0 Å². The zero-order valence-corrected chi connectivity index (χ0v) is 17.7. The average molecular weight is 424 g/mol. The molecule has 4 aromatic rings. The molecule has 32 heavy (non-hydrogen) atoms. The lowest BCUT2D eigenvalue weighted by atomic mass is 10.0. The first-order valence-electron chi connectivity index (χ1n) is 10.4. The van der Waals surface area contributed by atoms with Gasteiger partial charge >= 0.3 is 5.97 Å². The predicted molar refractivity (Wildman–Crippen MR) is 121 cm³/mol. The summed E-state index contributed by atoms with van der Waals surface area (Å²) in [5.74, 6) is 0.210. The Morgan fingerprint density at radius 3 is 2.56 bits per heavy atom. The maximum Gasteiger partial charge on any atom is 0.379 e. The Bertz CT molecular complexity index is 1360. The molecule has 1 aliphatic rings. The monoisotopic (exact) mass is 424 g/mol. The van der Waals surface area contributed by atoms with E-state index in [1.54, 1.807) is 37.3 Å². The van der Waals surface area contributed by atoms with E-state index < -0.39 is 5.97 Å². The van der Waals surface area contributed by atoms with Crippen LogP contribution in [0, 0.1) is 6.92 Å². The fraction of sp³-hybridized carbons (Fsp3) is 0.111. The van der Waals surface area contributed by atoms with Crippen molar-refractivity contribution in [2.75, 3.05) is 0 Å². The SMILES string of the molecule is CCc1ccc(/C=C2\Oc3cc(OC(=O)c4cc5ccccc5o4)cc(C)c3C2=O)cc1. The molecule has 0 atom stereocenters. The molecule has 3 aromatic carbocycles. The first-order chi connectivity index (χ1) is 15.5. The molecule has 158 valence electrons. The summed E-state index contributed by atoms with van der Waals surface area (Å²) >= 11 is 0. The van der Waals surface area contributed by atoms with Crippen LogP contribution >= 0.6 is 0 Å². The van der Waals surface area contributed by atoms with E-state index in [1.807, 2.05) is 42.5 Å². The van der Waals surface area contributed by atoms with Gasteiger partial charge in [0.15, 0.2) is 5.76 Å². The summed E-state index contributed by atoms with van der Waals surface area (Å²) in [6, 6.07) is 20.2. The van der Waals surface area contributed by atoms with Crippen molar-refractivity contribution in [2.45, 2.75) is 20.3 Å². The third kappa shape index (κ3) is 3.58. The van der Waals surface area contributed by atoms with Crippen molar-refractivity contribution < 1.29 is 23.5 Å². The Hall–Kier alpha value is -4.12. The smallest absolute Gasteiger partial charge is 0.379 e. The van der Waals surface area contributed by atoms with Crippen LogP contribution in [0.5, 0.6) is 11.5 Å². The molecule has 5 nitrogen and oxygen atoms in total. The number of carbonyl (C=O) groups is 2. The van der Waals surface area contributed by atoms with Gasteiger partial charge in [0.05, 0.1) is 5.56 Å². The van der Waals surface area contributed by atoms with Gasteiger partial charge in [-0.15, -0.1) is 0 Å². The molecule has 0 fully saturated rings. The van der Waals surface area contributed by atoms with Crippen LogP contribution < -0.4 is 9.47 Å². The molecule has 0 saturated carbocycles. The number of furan rings is 1. The second kappa shape index (κ2) is 7.85. The van der Waals surface area contributed by atoms with E-state index in [1.165, 1.54) is 5.56 Å². The fourth-order valence-corrected chi connectivity index (χ4v) is 3.78. The molecule has 2 heterocycles. The molecule has 1 aromatic heterocycles. The number of hydrogen-bond acceptors (Lipinski definition) is 5. The minimum atomic E-state index is -0.614. The number of carbonyl (C=O) groups excluding carboxylic acids is 2. The highest BCUT2D eigenvalue weighted by atomic mass is 16.5. The van der Waals surface area contributed by atoms with Crippen molar-refractivity contribution in [3.63, 3.8) is 0 Å². The summed E-state index contributed by atoms with van der Waals surface area (Å²) in [5, 5.41) is 0.820. The number of esters is 1. The second-order valence-corrected chi connectivity index (χ2v) is 7.69. The van der Waals surface area contributed by atoms with E-state index in [2.05, 4.69) is 6.92 Å². The van der Waals surface area contributed by atoms with E-state index in [4.69, 9.17) is 13.9 Å². The molecule has 0 radical (unpaired) electrons. The first kappa shape index (κ1) is 19.8. The number of para-hydroxylation sites is 1. The molecule has 5 heteroatoms. The number of aryl methyl sites for hydroxylation is 2. The van der Waals surface area contributed by atoms with Crippen molar-refractivity contribution in [1.29, 1.82) is 0 Å². The van der Waals surface area contributed by atoms with Gasteiger partial charge in [-0.2, -0.15) is 0 Å². The van der Waals surface area contributed by atoms with E-state index in [0.29, 0.717) is 22.5 Å². The number of Topliss-reactive ketones (excluding diaryl/α,β-unsaturated/α-hetero) is 1. The number of benzene rings is 3. The van der Waals surface area contributed by atoms with Gasteiger partial charge in [-0.1, -0.05) is 49.4 Å². The standard InChI is InChI=1S/C27H20O5/c1-3-17-8-10-18(11-9-17)13-23-26(28)25-16(2)12-20(15-22(25)32-23)30-27(29)24-14-19-6-4-5-7-21(19)31-24/h4-15H,3H2,1-2H3/b23-13-. The molecule has 0 amide bonds. The highest BCUT2D eigenvalue weighted by Gasteiger charge is 2.30. The van der Waals surface area contributed by atoms with E-state index in [-0.39, 0.29) is 23.1 Å². The van der Waals surface area contributed by atoms with Gasteiger partial charge in [0.2, 0.25) is 11.5 Å². The Morgan fingerprint density at radius 1 is 1.03 bits per heavy atom. The van der Waals surface area contributed by atoms with Gasteiger partial charge in [0.1, 0.15) is 17.1 Å². The minimum Gasteiger partial charge on any atom is -0.452 e. The van der Waals surface area contributed by atoms with Crippen molar-refractivity contribution in [3.05, 3.63) is 101 Å². The number of ether oxygens (including phenoxy) is 2. The van der Waals surface area contributed by atoms with Crippen LogP contribution in [-0.2, 0) is 6.42 Å². The van der Waals surface area contributed by atoms with Crippen molar-refractivity contribution in [3.8, 4) is 11.5 Å². The van der Waals surface area contributed by atoms with Gasteiger partial charge in [0.25, 0.3) is 0 Å². The molecule has 0 N–H and O–H groups in total. The highest BCUT2D eigenvalue weighted by Crippen LogP contribution is 2.38. The number of rotatable bonds is 4. The number of fused-ring (bicyclic) bond motifs is 2. The molecule has 0 unspecified atom stereocenters. The minimum absolute atomic E-state index is 0.109. The fourth-order valence-electron chi connectivity index (χ4n) is 3.78. The average Bonchev–Trinajstić information content (AvgIpc) is 3.36. The lowest BCUT2D eigenvalue weighted by Crippen LogP contribution is -2.07. The molecule has 0 aliphatic carbocycles. The van der Waals surface area contributed by atoms with Gasteiger partial charge in [-0.3, -0.25) is 4.79 Å². The van der Waals surface area contributed by atoms with Gasteiger partial charge in [0, 0.05) is 11.5 Å². The quantitative estimate of drug-likeness (QED) is 0.224. The van der Waals surface area contributed by atoms with Gasteiger partial charge in [-0.25, -0.2) is 4.79 Å². The molecular formula is C27H20O5. The largest absolute Gasteiger partial charge is 0.452 e. The Morgan fingerprint density at radius 2 is 1.81 bits per heavy atom. The Balaban J connectivity index is 1.40. The lowest BCUT2D eigenvalue weighted by Gasteiger charge is -2.06. The number of ketones is 1. The van der Waals surface area contributed by atoms with Crippen molar-refractivity contribution >= 4 is 28.8 Å². The molecule has 0 spiro atoms. The van der Waals surface area contributed by atoms with Crippen LogP contribution in [0.1, 0.15) is 44.5 Å². The van der Waals surface area contributed by atoms with Crippen LogP contribution in [0.15, 0.2) is 76.9 Å². The zero-order valence-electron chi connectivity index (χ0n) is 17.7. The van der Waals surface area contributed by atoms with Crippen LogP contribution in [0.25, 0.3) is 17.0 Å². The summed E-state index contributed by atoms with van der Waals surface area (Å²) in [6.45, 7) is 3.88. The number of allylic oxidation sites excluding steroid dienone is 1. The summed E-state index contributed by atoms with van der Waals surface area (Å²) < 4.78 is 16.9. The van der Waals surface area contributed by atoms with E-state index in [0.717, 1.165) is 17.4 Å². The maximum absolute atomic E-state index is 12.9. The topological polar surface area (TPSA) is 65.7 Å². The van der Waals surface area contributed by atoms with Crippen LogP contribution in [0.4, 0.5) is 0 Å². The zero-order chi connectivity index (χ0) is 22.2. The lowest BCUT2D eigenvalue weighted by molar-refractivity contribution is 0.0703. The maximum atomic E-state index is 12.9.